The van der Waals surface area contributed by atoms with Crippen LogP contribution in [0.25, 0.3) is 17.2 Å². The number of carbonyl (C=O) groups excluding carboxylic acids is 2. The zero-order chi connectivity index (χ0) is 19.9. The van der Waals surface area contributed by atoms with Crippen LogP contribution in [-0.2, 0) is 14.8 Å². The molecule has 0 saturated heterocycles. The maximum absolute atomic E-state index is 13.2. The van der Waals surface area contributed by atoms with Crippen molar-refractivity contribution in [3.05, 3.63) is 78.1 Å². The third kappa shape index (κ3) is 2.76. The first-order valence-corrected chi connectivity index (χ1v) is 9.84. The monoisotopic (exact) mass is 393 g/mol. The maximum Gasteiger partial charge on any atom is 0.268 e. The summed E-state index contributed by atoms with van der Waals surface area (Å²) in [6.07, 6.45) is 3.85. The molecule has 1 aliphatic carbocycles. The van der Waals surface area contributed by atoms with Gasteiger partial charge in [-0.2, -0.15) is 0 Å². The number of rotatable bonds is 4. The SMILES string of the molecule is COc1ccc(-c2cn(S(=O)(=O)c3ccccc3)c3c2C(=O)C(=O)C=C3)cc1. The highest BCUT2D eigenvalue weighted by Crippen LogP contribution is 2.34. The molecule has 0 spiro atoms. The summed E-state index contributed by atoms with van der Waals surface area (Å²) in [7, 11) is -2.41. The van der Waals surface area contributed by atoms with Crippen molar-refractivity contribution in [2.45, 2.75) is 4.90 Å². The second-order valence-electron chi connectivity index (χ2n) is 6.17. The van der Waals surface area contributed by atoms with Gasteiger partial charge in [-0.15, -0.1) is 0 Å². The Bertz CT molecular complexity index is 1220. The van der Waals surface area contributed by atoms with E-state index in [1.54, 1.807) is 42.5 Å². The number of hydrogen-bond acceptors (Lipinski definition) is 5. The highest BCUT2D eigenvalue weighted by atomic mass is 32.2. The van der Waals surface area contributed by atoms with E-state index >= 15 is 0 Å². The fourth-order valence-corrected chi connectivity index (χ4v) is 4.53. The van der Waals surface area contributed by atoms with E-state index in [4.69, 9.17) is 4.74 Å². The number of Topliss-reactive ketones (excluding diaryl/α,β-unsaturated/α-hetero) is 1. The number of aromatic nitrogens is 1. The van der Waals surface area contributed by atoms with Crippen LogP contribution in [0.3, 0.4) is 0 Å². The van der Waals surface area contributed by atoms with Gasteiger partial charge in [0.1, 0.15) is 5.75 Å². The molecule has 3 aromatic rings. The van der Waals surface area contributed by atoms with Gasteiger partial charge in [0.05, 0.1) is 23.3 Å². The number of benzene rings is 2. The smallest absolute Gasteiger partial charge is 0.268 e. The average molecular weight is 393 g/mol. The van der Waals surface area contributed by atoms with E-state index in [1.165, 1.54) is 31.5 Å². The van der Waals surface area contributed by atoms with E-state index in [1.807, 2.05) is 0 Å². The topological polar surface area (TPSA) is 82.4 Å². The number of carbonyl (C=O) groups is 2. The third-order valence-corrected chi connectivity index (χ3v) is 6.24. The Labute approximate surface area is 161 Å². The van der Waals surface area contributed by atoms with Crippen LogP contribution < -0.4 is 4.74 Å². The molecule has 0 N–H and O–H groups in total. The van der Waals surface area contributed by atoms with Crippen molar-refractivity contribution >= 4 is 27.7 Å². The first-order chi connectivity index (χ1) is 13.4. The largest absolute Gasteiger partial charge is 0.497 e. The molecule has 1 aliphatic rings. The quantitative estimate of drug-likeness (QED) is 0.636. The number of allylic oxidation sites excluding steroid dienone is 1. The van der Waals surface area contributed by atoms with E-state index in [0.29, 0.717) is 16.9 Å². The number of ketones is 2. The summed E-state index contributed by atoms with van der Waals surface area (Å²) in [6, 6.07) is 14.8. The van der Waals surface area contributed by atoms with Crippen molar-refractivity contribution in [2.75, 3.05) is 7.11 Å². The lowest BCUT2D eigenvalue weighted by molar-refractivity contribution is -0.110. The number of hydrogen-bond donors (Lipinski definition) is 0. The summed E-state index contributed by atoms with van der Waals surface area (Å²) >= 11 is 0. The molecule has 0 fully saturated rings. The fraction of sp³-hybridized carbons (Fsp3) is 0.0476. The summed E-state index contributed by atoms with van der Waals surface area (Å²) in [5.41, 5.74) is 1.23. The van der Waals surface area contributed by atoms with Crippen LogP contribution in [0.5, 0.6) is 5.75 Å². The standard InChI is InChI=1S/C21H15NO5S/c1-27-15-9-7-14(8-10-15)17-13-22(18-11-12-19(23)21(24)20(17)18)28(25,26)16-5-3-2-4-6-16/h2-13H,1H3. The average Bonchev–Trinajstić information content (AvgIpc) is 3.12. The van der Waals surface area contributed by atoms with Gasteiger partial charge in [0.15, 0.2) is 0 Å². The van der Waals surface area contributed by atoms with Gasteiger partial charge in [-0.05, 0) is 42.0 Å². The zero-order valence-electron chi connectivity index (χ0n) is 14.8. The molecule has 2 aromatic carbocycles. The minimum absolute atomic E-state index is 0.0807. The molecule has 6 nitrogen and oxygen atoms in total. The van der Waals surface area contributed by atoms with Crippen LogP contribution in [-0.4, -0.2) is 31.1 Å². The molecule has 0 radical (unpaired) electrons. The van der Waals surface area contributed by atoms with E-state index in [0.717, 1.165) is 10.0 Å². The van der Waals surface area contributed by atoms with Crippen molar-refractivity contribution in [1.29, 1.82) is 0 Å². The predicted molar refractivity (Wildman–Crippen MR) is 104 cm³/mol. The van der Waals surface area contributed by atoms with E-state index in [-0.39, 0.29) is 16.2 Å². The predicted octanol–water partition coefficient (Wildman–Crippen LogP) is 3.18. The lowest BCUT2D eigenvalue weighted by Crippen LogP contribution is -2.19. The Kier molecular flexibility index (Phi) is 4.24. The molecule has 4 rings (SSSR count). The van der Waals surface area contributed by atoms with Gasteiger partial charge in [0.25, 0.3) is 10.0 Å². The highest BCUT2D eigenvalue weighted by Gasteiger charge is 2.32. The first-order valence-electron chi connectivity index (χ1n) is 8.40. The Morgan fingerprint density at radius 2 is 1.57 bits per heavy atom. The lowest BCUT2D eigenvalue weighted by atomic mass is 9.94. The molecule has 0 unspecified atom stereocenters. The molecule has 0 aliphatic heterocycles. The maximum atomic E-state index is 13.2. The van der Waals surface area contributed by atoms with Crippen molar-refractivity contribution in [2.24, 2.45) is 0 Å². The Balaban J connectivity index is 1.98. The van der Waals surface area contributed by atoms with Crippen LogP contribution in [0.2, 0.25) is 0 Å². The molecular formula is C21H15NO5S. The van der Waals surface area contributed by atoms with Crippen molar-refractivity contribution in [3.63, 3.8) is 0 Å². The second kappa shape index (κ2) is 6.61. The molecule has 1 aromatic heterocycles. The summed E-state index contributed by atoms with van der Waals surface area (Å²) in [4.78, 5) is 24.6. The molecule has 140 valence electrons. The fourth-order valence-electron chi connectivity index (χ4n) is 3.14. The number of ether oxygens (including phenoxy) is 1. The van der Waals surface area contributed by atoms with Crippen molar-refractivity contribution in [1.82, 2.24) is 3.97 Å². The van der Waals surface area contributed by atoms with Gasteiger partial charge in [-0.1, -0.05) is 30.3 Å². The van der Waals surface area contributed by atoms with Crippen LogP contribution in [0.4, 0.5) is 0 Å². The van der Waals surface area contributed by atoms with Crippen molar-refractivity contribution < 1.29 is 22.7 Å². The molecular weight excluding hydrogens is 378 g/mol. The molecule has 28 heavy (non-hydrogen) atoms. The molecule has 1 heterocycles. The van der Waals surface area contributed by atoms with Gasteiger partial charge in [0.2, 0.25) is 11.6 Å². The number of fused-ring (bicyclic) bond motifs is 1. The van der Waals surface area contributed by atoms with Gasteiger partial charge in [-0.3, -0.25) is 9.59 Å². The minimum Gasteiger partial charge on any atom is -0.497 e. The molecule has 0 atom stereocenters. The highest BCUT2D eigenvalue weighted by molar-refractivity contribution is 7.90. The minimum atomic E-state index is -3.94. The Hall–Kier alpha value is -3.45. The normalized spacial score (nSPS) is 13.5. The molecule has 7 heteroatoms. The summed E-state index contributed by atoms with van der Waals surface area (Å²) < 4.78 is 32.5. The van der Waals surface area contributed by atoms with E-state index in [2.05, 4.69) is 0 Å². The zero-order valence-corrected chi connectivity index (χ0v) is 15.6. The number of nitrogens with zero attached hydrogens (tertiary/aromatic N) is 1. The van der Waals surface area contributed by atoms with Crippen LogP contribution in [0, 0.1) is 0 Å². The lowest BCUT2D eigenvalue weighted by Gasteiger charge is -2.11. The van der Waals surface area contributed by atoms with E-state index in [9.17, 15) is 18.0 Å². The van der Waals surface area contributed by atoms with Crippen molar-refractivity contribution in [3.8, 4) is 16.9 Å². The second-order valence-corrected chi connectivity index (χ2v) is 7.99. The summed E-state index contributed by atoms with van der Waals surface area (Å²) in [6.45, 7) is 0. The molecule has 0 bridgehead atoms. The number of methoxy groups -OCH3 is 1. The van der Waals surface area contributed by atoms with E-state index < -0.39 is 21.6 Å². The van der Waals surface area contributed by atoms with Gasteiger partial charge < -0.3 is 4.74 Å². The van der Waals surface area contributed by atoms with Crippen LogP contribution >= 0.6 is 0 Å². The first kappa shape index (κ1) is 17.9. The van der Waals surface area contributed by atoms with Crippen LogP contribution in [0.1, 0.15) is 16.1 Å². The van der Waals surface area contributed by atoms with Gasteiger partial charge >= 0.3 is 0 Å². The van der Waals surface area contributed by atoms with Gasteiger partial charge in [-0.25, -0.2) is 12.4 Å². The van der Waals surface area contributed by atoms with Gasteiger partial charge in [0, 0.05) is 11.8 Å². The Morgan fingerprint density at radius 1 is 0.893 bits per heavy atom. The molecule has 0 saturated carbocycles. The van der Waals surface area contributed by atoms with Crippen LogP contribution in [0.15, 0.2) is 71.8 Å². The Morgan fingerprint density at radius 3 is 2.21 bits per heavy atom. The summed E-state index contributed by atoms with van der Waals surface area (Å²) in [5, 5.41) is 0. The summed E-state index contributed by atoms with van der Waals surface area (Å²) in [5.74, 6) is -0.793. The third-order valence-electron chi connectivity index (χ3n) is 4.55. The molecule has 0 amide bonds.